The van der Waals surface area contributed by atoms with Gasteiger partial charge in [-0.2, -0.15) is 0 Å². The SMILES string of the molecule is [B]c1ccc(B(C)C)cn1. The van der Waals surface area contributed by atoms with E-state index in [9.17, 15) is 0 Å². The van der Waals surface area contributed by atoms with E-state index >= 15 is 0 Å². The summed E-state index contributed by atoms with van der Waals surface area (Å²) in [5, 5.41) is 0. The summed E-state index contributed by atoms with van der Waals surface area (Å²) in [5.74, 6) is 0. The van der Waals surface area contributed by atoms with Gasteiger partial charge in [-0.1, -0.05) is 31.2 Å². The first kappa shape index (κ1) is 7.39. The Morgan fingerprint density at radius 2 is 2.10 bits per heavy atom. The van der Waals surface area contributed by atoms with E-state index in [0.717, 1.165) is 0 Å². The van der Waals surface area contributed by atoms with Crippen molar-refractivity contribution in [1.82, 2.24) is 4.98 Å². The lowest BCUT2D eigenvalue weighted by Crippen LogP contribution is -2.25. The van der Waals surface area contributed by atoms with Crippen LogP contribution in [0.1, 0.15) is 0 Å². The molecule has 1 aromatic rings. The van der Waals surface area contributed by atoms with E-state index in [-0.39, 0.29) is 0 Å². The van der Waals surface area contributed by atoms with E-state index in [1.807, 2.05) is 18.3 Å². The molecule has 0 spiro atoms. The molecule has 1 aromatic heterocycles. The number of pyridine rings is 1. The quantitative estimate of drug-likeness (QED) is 0.479. The molecule has 0 bridgehead atoms. The van der Waals surface area contributed by atoms with Gasteiger partial charge in [-0.25, -0.2) is 0 Å². The number of rotatable bonds is 1. The molecule has 48 valence electrons. The molecular weight excluding hydrogens is 120 g/mol. The van der Waals surface area contributed by atoms with Gasteiger partial charge in [0.1, 0.15) is 7.85 Å². The standard InChI is InChI=1S/C7H9B2N/c1-9(2)6-3-4-7(8)10-5-6/h3-5H,1-2H3. The molecule has 0 aliphatic heterocycles. The molecular formula is C7H9B2N. The maximum absolute atomic E-state index is 5.42. The van der Waals surface area contributed by atoms with Crippen molar-refractivity contribution in [3.63, 3.8) is 0 Å². The van der Waals surface area contributed by atoms with E-state index in [2.05, 4.69) is 18.6 Å². The van der Waals surface area contributed by atoms with Crippen molar-refractivity contribution in [3.8, 4) is 0 Å². The molecule has 0 N–H and O–H groups in total. The summed E-state index contributed by atoms with van der Waals surface area (Å²) < 4.78 is 0. The Morgan fingerprint density at radius 3 is 2.50 bits per heavy atom. The van der Waals surface area contributed by atoms with Gasteiger partial charge in [-0.05, 0) is 5.59 Å². The summed E-state index contributed by atoms with van der Waals surface area (Å²) in [6.07, 6.45) is 1.82. The molecule has 0 unspecified atom stereocenters. The van der Waals surface area contributed by atoms with Crippen LogP contribution >= 0.6 is 0 Å². The second-order valence-electron chi connectivity index (χ2n) is 2.67. The Kier molecular flexibility index (Phi) is 2.15. The monoisotopic (exact) mass is 129 g/mol. The fourth-order valence-electron chi connectivity index (χ4n) is 0.758. The summed E-state index contributed by atoms with van der Waals surface area (Å²) in [6, 6.07) is 3.84. The van der Waals surface area contributed by atoms with E-state index in [0.29, 0.717) is 12.3 Å². The molecule has 0 saturated carbocycles. The van der Waals surface area contributed by atoms with Crippen LogP contribution in [0.4, 0.5) is 0 Å². The van der Waals surface area contributed by atoms with Crippen LogP contribution in [0.25, 0.3) is 0 Å². The smallest absolute Gasteiger partial charge is 0.171 e. The molecule has 1 heterocycles. The van der Waals surface area contributed by atoms with E-state index in [4.69, 9.17) is 7.85 Å². The summed E-state index contributed by atoms with van der Waals surface area (Å²) >= 11 is 0. The molecule has 2 radical (unpaired) electrons. The van der Waals surface area contributed by atoms with Gasteiger partial charge >= 0.3 is 0 Å². The minimum atomic E-state index is 0.535. The number of aromatic nitrogens is 1. The molecule has 0 fully saturated rings. The van der Waals surface area contributed by atoms with Crippen molar-refractivity contribution in [2.75, 3.05) is 0 Å². The van der Waals surface area contributed by atoms with Gasteiger partial charge in [0, 0.05) is 6.20 Å². The summed E-state index contributed by atoms with van der Waals surface area (Å²) in [6.45, 7) is 4.80. The van der Waals surface area contributed by atoms with Crippen LogP contribution in [-0.4, -0.2) is 19.5 Å². The predicted octanol–water partition coefficient (Wildman–Crippen LogP) is -0.163. The van der Waals surface area contributed by atoms with Crippen LogP contribution in [0.5, 0.6) is 0 Å². The topological polar surface area (TPSA) is 12.9 Å². The van der Waals surface area contributed by atoms with Crippen molar-refractivity contribution in [2.45, 2.75) is 13.6 Å². The van der Waals surface area contributed by atoms with Crippen LogP contribution in [-0.2, 0) is 0 Å². The Hall–Kier alpha value is -0.720. The maximum atomic E-state index is 5.42. The summed E-state index contributed by atoms with van der Waals surface area (Å²) in [5.41, 5.74) is 1.82. The first-order valence-electron chi connectivity index (χ1n) is 3.41. The number of hydrogen-bond acceptors (Lipinski definition) is 1. The van der Waals surface area contributed by atoms with E-state index < -0.39 is 0 Å². The van der Waals surface area contributed by atoms with Crippen molar-refractivity contribution < 1.29 is 0 Å². The predicted molar refractivity (Wildman–Crippen MR) is 46.7 cm³/mol. The van der Waals surface area contributed by atoms with Gasteiger partial charge in [-0.3, -0.25) is 4.98 Å². The zero-order valence-electron chi connectivity index (χ0n) is 6.33. The highest BCUT2D eigenvalue weighted by Gasteiger charge is 2.00. The highest BCUT2D eigenvalue weighted by molar-refractivity contribution is 6.70. The van der Waals surface area contributed by atoms with Crippen LogP contribution in [0, 0.1) is 0 Å². The molecule has 0 aliphatic rings. The Bertz CT molecular complexity index is 205. The van der Waals surface area contributed by atoms with Crippen molar-refractivity contribution >= 4 is 25.6 Å². The van der Waals surface area contributed by atoms with Crippen molar-refractivity contribution in [2.24, 2.45) is 0 Å². The van der Waals surface area contributed by atoms with Crippen LogP contribution in [0.15, 0.2) is 18.3 Å². The lowest BCUT2D eigenvalue weighted by molar-refractivity contribution is 1.41. The normalized spacial score (nSPS) is 9.40. The average molecular weight is 129 g/mol. The van der Waals surface area contributed by atoms with Gasteiger partial charge in [0.2, 0.25) is 0 Å². The third-order valence-electron chi connectivity index (χ3n) is 1.48. The molecule has 0 aliphatic carbocycles. The first-order valence-corrected chi connectivity index (χ1v) is 3.41. The summed E-state index contributed by atoms with van der Waals surface area (Å²) in [7, 11) is 5.42. The highest BCUT2D eigenvalue weighted by atomic mass is 14.6. The van der Waals surface area contributed by atoms with Gasteiger partial charge < -0.3 is 0 Å². The first-order chi connectivity index (χ1) is 4.70. The van der Waals surface area contributed by atoms with Crippen LogP contribution in [0.3, 0.4) is 0 Å². The number of nitrogens with zero attached hydrogens (tertiary/aromatic N) is 1. The van der Waals surface area contributed by atoms with Gasteiger partial charge in [-0.15, -0.1) is 0 Å². The molecule has 0 atom stereocenters. The second kappa shape index (κ2) is 2.91. The van der Waals surface area contributed by atoms with E-state index in [1.54, 1.807) is 0 Å². The van der Waals surface area contributed by atoms with Crippen LogP contribution < -0.4 is 11.1 Å². The Balaban J connectivity index is 2.89. The zero-order chi connectivity index (χ0) is 7.56. The molecule has 1 nitrogen and oxygen atoms in total. The zero-order valence-corrected chi connectivity index (χ0v) is 6.33. The Morgan fingerprint density at radius 1 is 1.40 bits per heavy atom. The number of hydrogen-bond donors (Lipinski definition) is 0. The molecule has 0 aromatic carbocycles. The molecule has 0 saturated heterocycles. The molecule has 1 rings (SSSR count). The molecule has 10 heavy (non-hydrogen) atoms. The lowest BCUT2D eigenvalue weighted by atomic mass is 9.50. The second-order valence-corrected chi connectivity index (χ2v) is 2.67. The minimum Gasteiger partial charge on any atom is -0.273 e. The fraction of sp³-hybridized carbons (Fsp3) is 0.286. The van der Waals surface area contributed by atoms with Gasteiger partial charge in [0.15, 0.2) is 6.71 Å². The van der Waals surface area contributed by atoms with Crippen molar-refractivity contribution in [1.29, 1.82) is 0 Å². The van der Waals surface area contributed by atoms with Gasteiger partial charge in [0.25, 0.3) is 0 Å². The maximum Gasteiger partial charge on any atom is 0.171 e. The average Bonchev–Trinajstić information content (AvgIpc) is 1.88. The third kappa shape index (κ3) is 1.63. The molecule has 0 amide bonds. The highest BCUT2D eigenvalue weighted by Crippen LogP contribution is 1.81. The van der Waals surface area contributed by atoms with E-state index in [1.165, 1.54) is 5.46 Å². The Labute approximate surface area is 63.4 Å². The summed E-state index contributed by atoms with van der Waals surface area (Å²) in [4.78, 5) is 3.98. The fourth-order valence-corrected chi connectivity index (χ4v) is 0.758. The van der Waals surface area contributed by atoms with Gasteiger partial charge in [0.05, 0.1) is 0 Å². The van der Waals surface area contributed by atoms with Crippen LogP contribution in [0.2, 0.25) is 13.6 Å². The third-order valence-corrected chi connectivity index (χ3v) is 1.48. The van der Waals surface area contributed by atoms with Crippen molar-refractivity contribution in [3.05, 3.63) is 18.3 Å². The lowest BCUT2D eigenvalue weighted by Gasteiger charge is -2.00. The molecule has 3 heteroatoms. The minimum absolute atomic E-state index is 0.535. The largest absolute Gasteiger partial charge is 0.273 e.